The number of ether oxygens (including phenoxy) is 2. The number of carbonyl (C=O) groups is 1. The molecule has 1 amide bonds. The van der Waals surface area contributed by atoms with E-state index in [1.165, 1.54) is 0 Å². The smallest absolute Gasteiger partial charge is 0.235 e. The van der Waals surface area contributed by atoms with Gasteiger partial charge in [-0.3, -0.25) is 4.79 Å². The highest BCUT2D eigenvalue weighted by atomic mass is 35.5. The number of hydrogen-bond acceptors (Lipinski definition) is 6. The molecule has 178 valence electrons. The number of anilines is 1. The lowest BCUT2D eigenvalue weighted by Gasteiger charge is -2.37. The molecular formula is C25H25Cl2N3O4. The van der Waals surface area contributed by atoms with Crippen molar-refractivity contribution in [3.63, 3.8) is 0 Å². The summed E-state index contributed by atoms with van der Waals surface area (Å²) in [4.78, 5) is 17.6. The molecule has 1 aliphatic carbocycles. The topological polar surface area (TPSA) is 68.0 Å². The SMILES string of the molecule is COc1ccc(-c2cc(C3(C(=O)N4CCN(c5cccc(Cl)c5Cl)CC4)CC3)no2)cc1OC. The maximum Gasteiger partial charge on any atom is 0.235 e. The molecule has 0 bridgehead atoms. The fourth-order valence-corrected chi connectivity index (χ4v) is 4.94. The van der Waals surface area contributed by atoms with Gasteiger partial charge in [0.1, 0.15) is 0 Å². The Labute approximate surface area is 208 Å². The van der Waals surface area contributed by atoms with Gasteiger partial charge in [-0.15, -0.1) is 0 Å². The van der Waals surface area contributed by atoms with E-state index in [0.717, 1.165) is 24.1 Å². The summed E-state index contributed by atoms with van der Waals surface area (Å²) in [6, 6.07) is 13.0. The normalized spacial score (nSPS) is 16.9. The molecule has 1 aromatic heterocycles. The fraction of sp³-hybridized carbons (Fsp3) is 0.360. The first-order chi connectivity index (χ1) is 16.5. The van der Waals surface area contributed by atoms with Crippen LogP contribution in [0.1, 0.15) is 18.5 Å². The molecule has 1 saturated heterocycles. The van der Waals surface area contributed by atoms with Crippen molar-refractivity contribution in [3.05, 3.63) is 58.2 Å². The predicted octanol–water partition coefficient (Wildman–Crippen LogP) is 5.05. The van der Waals surface area contributed by atoms with E-state index < -0.39 is 5.41 Å². The van der Waals surface area contributed by atoms with Gasteiger partial charge in [0.05, 0.1) is 41.1 Å². The molecule has 1 saturated carbocycles. The van der Waals surface area contributed by atoms with Crippen LogP contribution in [-0.2, 0) is 10.2 Å². The highest BCUT2D eigenvalue weighted by molar-refractivity contribution is 6.43. The van der Waals surface area contributed by atoms with E-state index in [9.17, 15) is 4.79 Å². The molecule has 2 fully saturated rings. The number of nitrogens with zero attached hydrogens (tertiary/aromatic N) is 3. The van der Waals surface area contributed by atoms with Crippen LogP contribution in [0.15, 0.2) is 47.0 Å². The molecule has 5 rings (SSSR count). The van der Waals surface area contributed by atoms with E-state index in [2.05, 4.69) is 10.1 Å². The number of rotatable bonds is 6. The highest BCUT2D eigenvalue weighted by Gasteiger charge is 2.55. The van der Waals surface area contributed by atoms with Crippen molar-refractivity contribution >= 4 is 34.8 Å². The Morgan fingerprint density at radius 3 is 2.41 bits per heavy atom. The van der Waals surface area contributed by atoms with Crippen LogP contribution in [-0.4, -0.2) is 56.4 Å². The summed E-state index contributed by atoms with van der Waals surface area (Å²) in [5.74, 6) is 1.94. The number of aromatic nitrogens is 1. The minimum atomic E-state index is -0.603. The van der Waals surface area contributed by atoms with E-state index in [1.807, 2.05) is 41.3 Å². The molecule has 0 atom stereocenters. The molecule has 0 unspecified atom stereocenters. The second-order valence-corrected chi connectivity index (χ2v) is 9.37. The average Bonchev–Trinajstić information content (AvgIpc) is 3.53. The Morgan fingerprint density at radius 1 is 1.00 bits per heavy atom. The van der Waals surface area contributed by atoms with Crippen LogP contribution in [0.5, 0.6) is 11.5 Å². The minimum Gasteiger partial charge on any atom is -0.493 e. The van der Waals surface area contributed by atoms with Gasteiger partial charge in [-0.1, -0.05) is 34.4 Å². The van der Waals surface area contributed by atoms with Gasteiger partial charge in [0.25, 0.3) is 0 Å². The number of hydrogen-bond donors (Lipinski definition) is 0. The quantitative estimate of drug-likeness (QED) is 0.470. The lowest BCUT2D eigenvalue weighted by molar-refractivity contribution is -0.134. The number of carbonyl (C=O) groups excluding carboxylic acids is 1. The van der Waals surface area contributed by atoms with Crippen molar-refractivity contribution in [3.8, 4) is 22.8 Å². The lowest BCUT2D eigenvalue weighted by Crippen LogP contribution is -2.51. The molecule has 2 aromatic carbocycles. The number of benzene rings is 2. The second-order valence-electron chi connectivity index (χ2n) is 8.58. The average molecular weight is 502 g/mol. The van der Waals surface area contributed by atoms with Crippen molar-refractivity contribution in [2.45, 2.75) is 18.3 Å². The van der Waals surface area contributed by atoms with E-state index in [4.69, 9.17) is 37.2 Å². The lowest BCUT2D eigenvalue weighted by atomic mass is 9.99. The Kier molecular flexibility index (Phi) is 6.08. The van der Waals surface area contributed by atoms with Crippen molar-refractivity contribution in [2.75, 3.05) is 45.3 Å². The molecule has 0 spiro atoms. The summed E-state index contributed by atoms with van der Waals surface area (Å²) in [6.07, 6.45) is 1.54. The zero-order chi connectivity index (χ0) is 23.9. The Hall–Kier alpha value is -2.90. The first kappa shape index (κ1) is 22.9. The molecule has 0 radical (unpaired) electrons. The molecule has 1 aliphatic heterocycles. The van der Waals surface area contributed by atoms with Crippen LogP contribution in [0.3, 0.4) is 0 Å². The third-order valence-corrected chi connectivity index (χ3v) is 7.48. The summed E-state index contributed by atoms with van der Waals surface area (Å²) in [7, 11) is 3.18. The Morgan fingerprint density at radius 2 is 1.74 bits per heavy atom. The van der Waals surface area contributed by atoms with Gasteiger partial charge < -0.3 is 23.8 Å². The minimum absolute atomic E-state index is 0.108. The number of halogens is 2. The van der Waals surface area contributed by atoms with Crippen LogP contribution < -0.4 is 14.4 Å². The van der Waals surface area contributed by atoms with Gasteiger partial charge in [0.15, 0.2) is 17.3 Å². The fourth-order valence-electron chi connectivity index (χ4n) is 4.52. The van der Waals surface area contributed by atoms with Crippen molar-refractivity contribution in [1.29, 1.82) is 0 Å². The van der Waals surface area contributed by atoms with Gasteiger partial charge in [-0.2, -0.15) is 0 Å². The number of piperazine rings is 1. The van der Waals surface area contributed by atoms with Gasteiger partial charge >= 0.3 is 0 Å². The largest absolute Gasteiger partial charge is 0.493 e. The van der Waals surface area contributed by atoms with E-state index in [-0.39, 0.29) is 5.91 Å². The molecule has 34 heavy (non-hydrogen) atoms. The third-order valence-electron chi connectivity index (χ3n) is 6.67. The number of methoxy groups -OCH3 is 2. The van der Waals surface area contributed by atoms with Crippen molar-refractivity contribution in [1.82, 2.24) is 10.1 Å². The van der Waals surface area contributed by atoms with Crippen LogP contribution in [0, 0.1) is 0 Å². The summed E-state index contributed by atoms with van der Waals surface area (Å²) < 4.78 is 16.3. The molecule has 9 heteroatoms. The maximum absolute atomic E-state index is 13.5. The van der Waals surface area contributed by atoms with Crippen LogP contribution in [0.2, 0.25) is 10.0 Å². The summed E-state index contributed by atoms with van der Waals surface area (Å²) >= 11 is 12.6. The van der Waals surface area contributed by atoms with Gasteiger partial charge in [-0.25, -0.2) is 0 Å². The first-order valence-corrected chi connectivity index (χ1v) is 11.9. The standard InChI is InChI=1S/C25H25Cl2N3O4/c1-32-19-7-6-16(14-21(19)33-2)20-15-22(28-34-20)25(8-9-25)24(31)30-12-10-29(11-13-30)18-5-3-4-17(26)23(18)27/h3-7,14-15H,8-13H2,1-2H3. The van der Waals surface area contributed by atoms with Gasteiger partial charge in [0.2, 0.25) is 5.91 Å². The summed E-state index contributed by atoms with van der Waals surface area (Å²) in [5.41, 5.74) is 1.79. The molecule has 3 aromatic rings. The Bertz CT molecular complexity index is 1220. The van der Waals surface area contributed by atoms with Gasteiger partial charge in [0, 0.05) is 37.8 Å². The summed E-state index contributed by atoms with van der Waals surface area (Å²) in [6.45, 7) is 2.61. The molecule has 2 aliphatic rings. The zero-order valence-electron chi connectivity index (χ0n) is 19.0. The number of amides is 1. The van der Waals surface area contributed by atoms with E-state index in [0.29, 0.717) is 59.2 Å². The monoisotopic (exact) mass is 501 g/mol. The van der Waals surface area contributed by atoms with Crippen LogP contribution in [0.4, 0.5) is 5.69 Å². The predicted molar refractivity (Wildman–Crippen MR) is 131 cm³/mol. The van der Waals surface area contributed by atoms with Crippen molar-refractivity contribution < 1.29 is 18.8 Å². The highest BCUT2D eigenvalue weighted by Crippen LogP contribution is 2.50. The molecule has 7 nitrogen and oxygen atoms in total. The van der Waals surface area contributed by atoms with Crippen molar-refractivity contribution in [2.24, 2.45) is 0 Å². The Balaban J connectivity index is 1.30. The molecule has 0 N–H and O–H groups in total. The third kappa shape index (κ3) is 3.97. The van der Waals surface area contributed by atoms with E-state index >= 15 is 0 Å². The second kappa shape index (κ2) is 9.04. The maximum atomic E-state index is 13.5. The molecular weight excluding hydrogens is 477 g/mol. The zero-order valence-corrected chi connectivity index (χ0v) is 20.5. The van der Waals surface area contributed by atoms with Gasteiger partial charge in [-0.05, 0) is 43.2 Å². The van der Waals surface area contributed by atoms with E-state index in [1.54, 1.807) is 20.3 Å². The molecule has 2 heterocycles. The van der Waals surface area contributed by atoms with Crippen LogP contribution in [0.25, 0.3) is 11.3 Å². The summed E-state index contributed by atoms with van der Waals surface area (Å²) in [5, 5.41) is 5.37. The van der Waals surface area contributed by atoms with Crippen LogP contribution >= 0.6 is 23.2 Å². The first-order valence-electron chi connectivity index (χ1n) is 11.1.